The molecule has 0 radical (unpaired) electrons. The molecule has 0 unspecified atom stereocenters. The van der Waals surface area contributed by atoms with E-state index < -0.39 is 0 Å². The third-order valence-corrected chi connectivity index (χ3v) is 3.93. The molecule has 0 aromatic heterocycles. The highest BCUT2D eigenvalue weighted by molar-refractivity contribution is 6.17. The van der Waals surface area contributed by atoms with Gasteiger partial charge in [0.2, 0.25) is 0 Å². The Kier molecular flexibility index (Phi) is 5.33. The molecule has 0 atom stereocenters. The average Bonchev–Trinajstić information content (AvgIpc) is 2.46. The zero-order chi connectivity index (χ0) is 12.8. The number of hydrogen-bond donors (Lipinski definition) is 0. The molecule has 2 rings (SSSR count). The molecule has 1 aromatic rings. The fourth-order valence-electron chi connectivity index (χ4n) is 2.49. The molecule has 1 aliphatic heterocycles. The fraction of sp³-hybridized carbons (Fsp3) is 0.600. The Hall–Kier alpha value is -0.730. The smallest absolute Gasteiger partial charge is 0.0369 e. The highest BCUT2D eigenvalue weighted by Gasteiger charge is 2.16. The summed E-state index contributed by atoms with van der Waals surface area (Å²) < 4.78 is 0. The van der Waals surface area contributed by atoms with E-state index in [0.29, 0.717) is 0 Å². The van der Waals surface area contributed by atoms with Gasteiger partial charge in [-0.3, -0.25) is 4.90 Å². The molecule has 0 spiro atoms. The quantitative estimate of drug-likeness (QED) is 0.756. The summed E-state index contributed by atoms with van der Waals surface area (Å²) in [6, 6.07) is 8.94. The molecule has 0 saturated carbocycles. The second-order valence-corrected chi connectivity index (χ2v) is 5.27. The van der Waals surface area contributed by atoms with E-state index in [0.717, 1.165) is 51.4 Å². The number of alkyl halides is 1. The van der Waals surface area contributed by atoms with Gasteiger partial charge in [0, 0.05) is 37.7 Å². The van der Waals surface area contributed by atoms with Crippen LogP contribution in [0, 0.1) is 0 Å². The highest BCUT2D eigenvalue weighted by atomic mass is 35.5. The monoisotopic (exact) mass is 266 g/mol. The molecule has 1 aromatic carbocycles. The lowest BCUT2D eigenvalue weighted by atomic mass is 10.1. The minimum absolute atomic E-state index is 0.777. The summed E-state index contributed by atoms with van der Waals surface area (Å²) >= 11 is 5.74. The standard InChI is InChI=1S/C15H23ClN2/c1-2-14-5-3-6-15(13-14)18-11-9-17(10-12-18)8-4-7-16/h3,5-6,13H,2,4,7-12H2,1H3. The van der Waals surface area contributed by atoms with Gasteiger partial charge in [-0.2, -0.15) is 0 Å². The van der Waals surface area contributed by atoms with Gasteiger partial charge in [0.25, 0.3) is 0 Å². The molecule has 0 aliphatic carbocycles. The number of benzene rings is 1. The molecule has 3 heteroatoms. The molecular weight excluding hydrogens is 244 g/mol. The van der Waals surface area contributed by atoms with E-state index in [4.69, 9.17) is 11.6 Å². The second-order valence-electron chi connectivity index (χ2n) is 4.89. The highest BCUT2D eigenvalue weighted by Crippen LogP contribution is 2.18. The van der Waals surface area contributed by atoms with E-state index in [1.165, 1.54) is 11.3 Å². The van der Waals surface area contributed by atoms with Crippen LogP contribution in [-0.2, 0) is 6.42 Å². The number of aryl methyl sites for hydroxylation is 1. The summed E-state index contributed by atoms with van der Waals surface area (Å²) in [4.78, 5) is 5.01. The topological polar surface area (TPSA) is 6.48 Å². The van der Waals surface area contributed by atoms with Gasteiger partial charge >= 0.3 is 0 Å². The van der Waals surface area contributed by atoms with Crippen LogP contribution in [0.15, 0.2) is 24.3 Å². The summed E-state index contributed by atoms with van der Waals surface area (Å²) in [6.07, 6.45) is 2.22. The van der Waals surface area contributed by atoms with Crippen molar-refractivity contribution in [2.45, 2.75) is 19.8 Å². The maximum Gasteiger partial charge on any atom is 0.0369 e. The van der Waals surface area contributed by atoms with Crippen molar-refractivity contribution >= 4 is 17.3 Å². The lowest BCUT2D eigenvalue weighted by Crippen LogP contribution is -2.46. The number of nitrogens with zero attached hydrogens (tertiary/aromatic N) is 2. The molecule has 2 nitrogen and oxygen atoms in total. The Bertz CT molecular complexity index is 359. The van der Waals surface area contributed by atoms with E-state index in [2.05, 4.69) is 41.0 Å². The van der Waals surface area contributed by atoms with E-state index >= 15 is 0 Å². The van der Waals surface area contributed by atoms with Crippen LogP contribution in [0.1, 0.15) is 18.9 Å². The van der Waals surface area contributed by atoms with Crippen LogP contribution in [0.2, 0.25) is 0 Å². The van der Waals surface area contributed by atoms with Crippen molar-refractivity contribution in [2.24, 2.45) is 0 Å². The zero-order valence-corrected chi connectivity index (χ0v) is 12.0. The molecule has 0 N–H and O–H groups in total. The minimum Gasteiger partial charge on any atom is -0.369 e. The number of halogens is 1. The average molecular weight is 267 g/mol. The van der Waals surface area contributed by atoms with Crippen LogP contribution in [0.4, 0.5) is 5.69 Å². The molecule has 1 heterocycles. The normalized spacial score (nSPS) is 17.1. The molecule has 0 bridgehead atoms. The third kappa shape index (κ3) is 3.63. The SMILES string of the molecule is CCc1cccc(N2CCN(CCCCl)CC2)c1. The van der Waals surface area contributed by atoms with Crippen molar-refractivity contribution < 1.29 is 0 Å². The molecule has 1 fully saturated rings. The third-order valence-electron chi connectivity index (χ3n) is 3.66. The predicted molar refractivity (Wildman–Crippen MR) is 79.8 cm³/mol. The van der Waals surface area contributed by atoms with E-state index in [1.54, 1.807) is 0 Å². The van der Waals surface area contributed by atoms with E-state index in [9.17, 15) is 0 Å². The Balaban J connectivity index is 1.88. The summed E-state index contributed by atoms with van der Waals surface area (Å²) in [7, 11) is 0. The molecule has 100 valence electrons. The van der Waals surface area contributed by atoms with Crippen molar-refractivity contribution in [3.8, 4) is 0 Å². The molecule has 18 heavy (non-hydrogen) atoms. The Labute approximate surface area is 116 Å². The van der Waals surface area contributed by atoms with Gasteiger partial charge in [-0.15, -0.1) is 11.6 Å². The van der Waals surface area contributed by atoms with Crippen molar-refractivity contribution in [1.82, 2.24) is 4.90 Å². The van der Waals surface area contributed by atoms with Gasteiger partial charge in [-0.1, -0.05) is 19.1 Å². The summed E-state index contributed by atoms with van der Waals surface area (Å²) in [5, 5.41) is 0. The zero-order valence-electron chi connectivity index (χ0n) is 11.2. The lowest BCUT2D eigenvalue weighted by Gasteiger charge is -2.36. The Morgan fingerprint density at radius 1 is 1.17 bits per heavy atom. The fourth-order valence-corrected chi connectivity index (χ4v) is 2.61. The molecule has 0 amide bonds. The van der Waals surface area contributed by atoms with Crippen molar-refractivity contribution in [3.63, 3.8) is 0 Å². The van der Waals surface area contributed by atoms with Crippen molar-refractivity contribution in [3.05, 3.63) is 29.8 Å². The lowest BCUT2D eigenvalue weighted by molar-refractivity contribution is 0.259. The van der Waals surface area contributed by atoms with Gasteiger partial charge in [-0.05, 0) is 37.1 Å². The predicted octanol–water partition coefficient (Wildman–Crippen LogP) is 3.00. The van der Waals surface area contributed by atoms with Crippen LogP contribution in [0.25, 0.3) is 0 Å². The molecule has 1 saturated heterocycles. The molecular formula is C15H23ClN2. The van der Waals surface area contributed by atoms with Gasteiger partial charge in [0.15, 0.2) is 0 Å². The number of anilines is 1. The Morgan fingerprint density at radius 2 is 1.94 bits per heavy atom. The first-order valence-corrected chi connectivity index (χ1v) is 7.49. The number of hydrogen-bond acceptors (Lipinski definition) is 2. The summed E-state index contributed by atoms with van der Waals surface area (Å²) in [5.74, 6) is 0.777. The van der Waals surface area contributed by atoms with Crippen molar-refractivity contribution in [1.29, 1.82) is 0 Å². The molecule has 1 aliphatic rings. The number of rotatable bonds is 5. The van der Waals surface area contributed by atoms with Gasteiger partial charge in [0.1, 0.15) is 0 Å². The maximum atomic E-state index is 5.74. The summed E-state index contributed by atoms with van der Waals surface area (Å²) in [5.41, 5.74) is 2.81. The van der Waals surface area contributed by atoms with Gasteiger partial charge < -0.3 is 4.90 Å². The minimum atomic E-state index is 0.777. The summed E-state index contributed by atoms with van der Waals surface area (Å²) in [6.45, 7) is 7.95. The van der Waals surface area contributed by atoms with E-state index in [1.807, 2.05) is 0 Å². The van der Waals surface area contributed by atoms with Crippen LogP contribution >= 0.6 is 11.6 Å². The first-order valence-electron chi connectivity index (χ1n) is 6.95. The van der Waals surface area contributed by atoms with Crippen LogP contribution in [-0.4, -0.2) is 43.5 Å². The second kappa shape index (κ2) is 7.01. The van der Waals surface area contributed by atoms with Crippen LogP contribution < -0.4 is 4.90 Å². The first kappa shape index (κ1) is 13.7. The number of piperazine rings is 1. The van der Waals surface area contributed by atoms with Crippen LogP contribution in [0.3, 0.4) is 0 Å². The van der Waals surface area contributed by atoms with Gasteiger partial charge in [0.05, 0.1) is 0 Å². The van der Waals surface area contributed by atoms with Crippen molar-refractivity contribution in [2.75, 3.05) is 43.5 Å². The Morgan fingerprint density at radius 3 is 2.61 bits per heavy atom. The van der Waals surface area contributed by atoms with Crippen LogP contribution in [0.5, 0.6) is 0 Å². The largest absolute Gasteiger partial charge is 0.369 e. The van der Waals surface area contributed by atoms with E-state index in [-0.39, 0.29) is 0 Å². The maximum absolute atomic E-state index is 5.74. The first-order chi connectivity index (χ1) is 8.83. The van der Waals surface area contributed by atoms with Gasteiger partial charge in [-0.25, -0.2) is 0 Å².